The number of hydrogen-bond donors (Lipinski definition) is 2. The Kier molecular flexibility index (Phi) is 6.04. The molecule has 1 aromatic heterocycles. The molecule has 2 aromatic rings. The Morgan fingerprint density at radius 1 is 1.12 bits per heavy atom. The van der Waals surface area contributed by atoms with Gasteiger partial charge < -0.3 is 15.5 Å². The lowest BCUT2D eigenvalue weighted by Gasteiger charge is -2.19. The van der Waals surface area contributed by atoms with E-state index in [1.54, 1.807) is 7.05 Å². The van der Waals surface area contributed by atoms with Crippen LogP contribution in [-0.4, -0.2) is 37.6 Å². The standard InChI is InChI=1S/C20H25N5/c1-21-20(23-12-10-18-8-2-3-11-22-18)24-16-17-7-6-9-19(15-17)25-13-4-5-14-25/h2-9,11,15H,10,12-14,16H2,1H3,(H2,21,23,24). The van der Waals surface area contributed by atoms with Crippen LogP contribution in [0.1, 0.15) is 11.3 Å². The zero-order valence-electron chi connectivity index (χ0n) is 14.7. The molecule has 2 heterocycles. The molecule has 0 saturated heterocycles. The third kappa shape index (κ3) is 5.08. The second kappa shape index (κ2) is 8.87. The van der Waals surface area contributed by atoms with Gasteiger partial charge in [0.15, 0.2) is 5.96 Å². The first-order chi connectivity index (χ1) is 12.3. The summed E-state index contributed by atoms with van der Waals surface area (Å²) in [7, 11) is 1.79. The van der Waals surface area contributed by atoms with Crippen molar-refractivity contribution < 1.29 is 0 Å². The SMILES string of the molecule is CN=C(NCCc1ccccn1)NCc1cccc(N2CC=CC2)c1. The van der Waals surface area contributed by atoms with Gasteiger partial charge in [-0.1, -0.05) is 30.4 Å². The van der Waals surface area contributed by atoms with Crippen molar-refractivity contribution in [2.45, 2.75) is 13.0 Å². The van der Waals surface area contributed by atoms with Crippen LogP contribution in [0.25, 0.3) is 0 Å². The molecule has 5 heteroatoms. The highest BCUT2D eigenvalue weighted by molar-refractivity contribution is 5.79. The number of aliphatic imine (C=N–C) groups is 1. The fourth-order valence-electron chi connectivity index (χ4n) is 2.81. The number of benzene rings is 1. The maximum absolute atomic E-state index is 4.33. The van der Waals surface area contributed by atoms with Gasteiger partial charge in [0.1, 0.15) is 0 Å². The molecule has 1 aliphatic rings. The zero-order chi connectivity index (χ0) is 17.3. The Bertz CT molecular complexity index is 716. The number of guanidine groups is 1. The van der Waals surface area contributed by atoms with Gasteiger partial charge in [-0.05, 0) is 29.8 Å². The normalized spacial score (nSPS) is 14.0. The van der Waals surface area contributed by atoms with Crippen molar-refractivity contribution in [3.8, 4) is 0 Å². The van der Waals surface area contributed by atoms with Crippen LogP contribution in [0, 0.1) is 0 Å². The van der Waals surface area contributed by atoms with E-state index in [4.69, 9.17) is 0 Å². The van der Waals surface area contributed by atoms with Gasteiger partial charge in [-0.25, -0.2) is 0 Å². The molecule has 0 fully saturated rings. The average Bonchev–Trinajstić information content (AvgIpc) is 3.20. The summed E-state index contributed by atoms with van der Waals surface area (Å²) in [5.74, 6) is 0.809. The van der Waals surface area contributed by atoms with Crippen LogP contribution in [0.2, 0.25) is 0 Å². The van der Waals surface area contributed by atoms with E-state index in [0.29, 0.717) is 0 Å². The van der Waals surface area contributed by atoms with Gasteiger partial charge in [-0.15, -0.1) is 0 Å². The third-order valence-corrected chi connectivity index (χ3v) is 4.18. The lowest BCUT2D eigenvalue weighted by Crippen LogP contribution is -2.37. The summed E-state index contributed by atoms with van der Waals surface area (Å²) in [6.45, 7) is 3.54. The van der Waals surface area contributed by atoms with Gasteiger partial charge >= 0.3 is 0 Å². The van der Waals surface area contributed by atoms with Crippen molar-refractivity contribution in [1.82, 2.24) is 15.6 Å². The minimum Gasteiger partial charge on any atom is -0.364 e. The van der Waals surface area contributed by atoms with E-state index in [2.05, 4.69) is 61.9 Å². The highest BCUT2D eigenvalue weighted by Gasteiger charge is 2.08. The minimum atomic E-state index is 0.748. The molecule has 1 aliphatic heterocycles. The third-order valence-electron chi connectivity index (χ3n) is 4.18. The fourth-order valence-corrected chi connectivity index (χ4v) is 2.81. The quantitative estimate of drug-likeness (QED) is 0.483. The zero-order valence-corrected chi connectivity index (χ0v) is 14.7. The molecule has 5 nitrogen and oxygen atoms in total. The summed E-state index contributed by atoms with van der Waals surface area (Å²) >= 11 is 0. The summed E-state index contributed by atoms with van der Waals surface area (Å²) < 4.78 is 0. The number of anilines is 1. The highest BCUT2D eigenvalue weighted by Crippen LogP contribution is 2.18. The second-order valence-electron chi connectivity index (χ2n) is 5.97. The second-order valence-corrected chi connectivity index (χ2v) is 5.97. The molecular weight excluding hydrogens is 310 g/mol. The molecule has 0 unspecified atom stereocenters. The number of hydrogen-bond acceptors (Lipinski definition) is 3. The summed E-state index contributed by atoms with van der Waals surface area (Å²) in [4.78, 5) is 11.0. The first kappa shape index (κ1) is 17.0. The van der Waals surface area contributed by atoms with Crippen LogP contribution in [-0.2, 0) is 13.0 Å². The Morgan fingerprint density at radius 3 is 2.76 bits per heavy atom. The smallest absolute Gasteiger partial charge is 0.191 e. The number of pyridine rings is 1. The van der Waals surface area contributed by atoms with Gasteiger partial charge in [-0.3, -0.25) is 9.98 Å². The van der Waals surface area contributed by atoms with E-state index in [0.717, 1.165) is 44.3 Å². The van der Waals surface area contributed by atoms with E-state index in [1.165, 1.54) is 11.3 Å². The summed E-state index contributed by atoms with van der Waals surface area (Å²) in [5, 5.41) is 6.71. The van der Waals surface area contributed by atoms with Crippen LogP contribution in [0.4, 0.5) is 5.69 Å². The monoisotopic (exact) mass is 335 g/mol. The van der Waals surface area contributed by atoms with Crippen LogP contribution in [0.5, 0.6) is 0 Å². The Balaban J connectivity index is 1.47. The molecular formula is C20H25N5. The molecule has 0 radical (unpaired) electrons. The molecule has 0 saturated carbocycles. The molecule has 0 bridgehead atoms. The molecule has 0 atom stereocenters. The molecule has 0 aliphatic carbocycles. The van der Waals surface area contributed by atoms with Crippen molar-refractivity contribution in [1.29, 1.82) is 0 Å². The predicted molar refractivity (Wildman–Crippen MR) is 104 cm³/mol. The number of rotatable bonds is 6. The van der Waals surface area contributed by atoms with Crippen LogP contribution >= 0.6 is 0 Å². The molecule has 0 amide bonds. The summed E-state index contributed by atoms with van der Waals surface area (Å²) in [5.41, 5.74) is 3.59. The van der Waals surface area contributed by atoms with Crippen molar-refractivity contribution in [2.24, 2.45) is 4.99 Å². The first-order valence-corrected chi connectivity index (χ1v) is 8.68. The van der Waals surface area contributed by atoms with Gasteiger partial charge in [0, 0.05) is 57.2 Å². The topological polar surface area (TPSA) is 52.6 Å². The van der Waals surface area contributed by atoms with Gasteiger partial charge in [0.05, 0.1) is 0 Å². The maximum atomic E-state index is 4.33. The van der Waals surface area contributed by atoms with E-state index < -0.39 is 0 Å². The predicted octanol–water partition coefficient (Wildman–Crippen LogP) is 2.37. The van der Waals surface area contributed by atoms with Crippen LogP contribution in [0.15, 0.2) is 65.8 Å². The highest BCUT2D eigenvalue weighted by atomic mass is 15.2. The Hall–Kier alpha value is -2.82. The lowest BCUT2D eigenvalue weighted by molar-refractivity contribution is 0.784. The summed E-state index contributed by atoms with van der Waals surface area (Å²) in [6.07, 6.45) is 7.11. The molecule has 1 aromatic carbocycles. The van der Waals surface area contributed by atoms with Crippen LogP contribution in [0.3, 0.4) is 0 Å². The van der Waals surface area contributed by atoms with E-state index >= 15 is 0 Å². The fraction of sp³-hybridized carbons (Fsp3) is 0.300. The molecule has 0 spiro atoms. The first-order valence-electron chi connectivity index (χ1n) is 8.68. The minimum absolute atomic E-state index is 0.748. The van der Waals surface area contributed by atoms with Gasteiger partial charge in [0.25, 0.3) is 0 Å². The molecule has 25 heavy (non-hydrogen) atoms. The number of nitrogens with one attached hydrogen (secondary N) is 2. The largest absolute Gasteiger partial charge is 0.364 e. The Labute approximate surface area is 149 Å². The number of aromatic nitrogens is 1. The molecule has 2 N–H and O–H groups in total. The van der Waals surface area contributed by atoms with Gasteiger partial charge in [0.2, 0.25) is 0 Å². The van der Waals surface area contributed by atoms with Crippen molar-refractivity contribution in [3.63, 3.8) is 0 Å². The lowest BCUT2D eigenvalue weighted by atomic mass is 10.2. The van der Waals surface area contributed by atoms with E-state index in [1.807, 2.05) is 24.4 Å². The van der Waals surface area contributed by atoms with Gasteiger partial charge in [-0.2, -0.15) is 0 Å². The maximum Gasteiger partial charge on any atom is 0.191 e. The van der Waals surface area contributed by atoms with E-state index in [9.17, 15) is 0 Å². The van der Waals surface area contributed by atoms with Crippen molar-refractivity contribution in [2.75, 3.05) is 31.6 Å². The summed E-state index contributed by atoms with van der Waals surface area (Å²) in [6, 6.07) is 14.6. The number of nitrogens with zero attached hydrogens (tertiary/aromatic N) is 3. The average molecular weight is 335 g/mol. The van der Waals surface area contributed by atoms with Crippen molar-refractivity contribution >= 4 is 11.6 Å². The van der Waals surface area contributed by atoms with Crippen LogP contribution < -0.4 is 15.5 Å². The van der Waals surface area contributed by atoms with Crippen molar-refractivity contribution in [3.05, 3.63) is 72.1 Å². The molecule has 3 rings (SSSR count). The van der Waals surface area contributed by atoms with E-state index in [-0.39, 0.29) is 0 Å². The molecule has 130 valence electrons. The Morgan fingerprint density at radius 2 is 2.00 bits per heavy atom.